The molecule has 1 heterocycles. The lowest BCUT2D eigenvalue weighted by molar-refractivity contribution is -0.145. The molecule has 2 aromatic carbocycles. The fourth-order valence-corrected chi connectivity index (χ4v) is 4.96. The van der Waals surface area contributed by atoms with E-state index < -0.39 is 0 Å². The van der Waals surface area contributed by atoms with E-state index in [9.17, 15) is 14.4 Å². The molecule has 0 radical (unpaired) electrons. The summed E-state index contributed by atoms with van der Waals surface area (Å²) in [6.45, 7) is 6.23. The molecule has 1 aliphatic heterocycles. The van der Waals surface area contributed by atoms with Crippen LogP contribution < -0.4 is 10.2 Å². The van der Waals surface area contributed by atoms with Crippen LogP contribution in [0.5, 0.6) is 0 Å². The third-order valence-corrected chi connectivity index (χ3v) is 7.06. The van der Waals surface area contributed by atoms with Crippen LogP contribution in [0.3, 0.4) is 0 Å². The molecule has 194 valence electrons. The Morgan fingerprint density at radius 1 is 1.00 bits per heavy atom. The molecule has 7 nitrogen and oxygen atoms in total. The number of hydrogen-bond donors (Lipinski definition) is 1. The van der Waals surface area contributed by atoms with Crippen LogP contribution in [-0.2, 0) is 29.1 Å². The van der Waals surface area contributed by atoms with E-state index in [1.54, 1.807) is 12.1 Å². The van der Waals surface area contributed by atoms with E-state index in [1.807, 2.05) is 41.1 Å². The number of ketones is 1. The van der Waals surface area contributed by atoms with E-state index >= 15 is 0 Å². The summed E-state index contributed by atoms with van der Waals surface area (Å²) in [5, 5.41) is 6.67. The molecule has 0 saturated heterocycles. The molecule has 2 aliphatic rings. The van der Waals surface area contributed by atoms with Crippen LogP contribution in [0.2, 0.25) is 0 Å². The first kappa shape index (κ1) is 27.4. The molecular formula is C29H40N4O3. The zero-order valence-corrected chi connectivity index (χ0v) is 21.1. The highest BCUT2D eigenvalue weighted by molar-refractivity contribution is 6.01. The number of Topliss-reactive ketones (excluding diaryl/α,β-unsaturated/α-hetero) is 1. The number of aryl methyl sites for hydroxylation is 2. The maximum atomic E-state index is 13.4. The Hall–Kier alpha value is -3.19. The number of likely N-dealkylation sites (N-methyl/N-ethyl adjacent to an activating group) is 1. The molecule has 0 saturated carbocycles. The minimum absolute atomic E-state index is 0. The quantitative estimate of drug-likeness (QED) is 0.502. The zero-order valence-electron chi connectivity index (χ0n) is 21.1. The standard InChI is InChI=1S/C28H36N4O3.CH4/c1-4-5-8-13-29-27(34)18-31(25-15-24-21(14-20(25)2)11-12-26(24)33)19-28(35)30(3)32-16-22-9-6-7-10-23(22)17-32;/h6-7,9-10,14-15H,4-5,8,11-13,16-19H2,1-3H3,(H,29,34);1H4. The smallest absolute Gasteiger partial charge is 0.256 e. The molecule has 0 unspecified atom stereocenters. The molecule has 1 N–H and O–H groups in total. The van der Waals surface area contributed by atoms with E-state index in [2.05, 4.69) is 24.4 Å². The van der Waals surface area contributed by atoms with Crippen molar-refractivity contribution >= 4 is 23.3 Å². The Kier molecular flexibility index (Phi) is 9.26. The predicted octanol–water partition coefficient (Wildman–Crippen LogP) is 4.26. The van der Waals surface area contributed by atoms with Gasteiger partial charge in [0.1, 0.15) is 0 Å². The summed E-state index contributed by atoms with van der Waals surface area (Å²) in [7, 11) is 1.79. The molecule has 36 heavy (non-hydrogen) atoms. The summed E-state index contributed by atoms with van der Waals surface area (Å²) < 4.78 is 0. The van der Waals surface area contributed by atoms with Gasteiger partial charge < -0.3 is 10.2 Å². The SMILES string of the molecule is C.CCCCCNC(=O)CN(CC(=O)N(C)N1Cc2ccccc2C1)c1cc2c(cc1C)CCC2=O. The average Bonchev–Trinajstić information content (AvgIpc) is 3.43. The van der Waals surface area contributed by atoms with Crippen molar-refractivity contribution in [3.8, 4) is 0 Å². The van der Waals surface area contributed by atoms with Gasteiger partial charge in [-0.05, 0) is 48.1 Å². The lowest BCUT2D eigenvalue weighted by atomic mass is 10.0. The van der Waals surface area contributed by atoms with Gasteiger partial charge in [0.05, 0.1) is 13.1 Å². The maximum absolute atomic E-state index is 13.4. The first-order valence-electron chi connectivity index (χ1n) is 12.6. The van der Waals surface area contributed by atoms with Crippen LogP contribution in [0.15, 0.2) is 36.4 Å². The third-order valence-electron chi connectivity index (χ3n) is 7.06. The van der Waals surface area contributed by atoms with Gasteiger partial charge in [-0.1, -0.05) is 57.5 Å². The second-order valence-electron chi connectivity index (χ2n) is 9.64. The van der Waals surface area contributed by atoms with Gasteiger partial charge in [-0.25, -0.2) is 5.01 Å². The number of carbonyl (C=O) groups is 3. The van der Waals surface area contributed by atoms with Gasteiger partial charge >= 0.3 is 0 Å². The molecule has 4 rings (SSSR count). The number of nitrogens with zero attached hydrogens (tertiary/aromatic N) is 3. The normalized spacial score (nSPS) is 14.1. The minimum Gasteiger partial charge on any atom is -0.355 e. The first-order valence-corrected chi connectivity index (χ1v) is 12.6. The Morgan fingerprint density at radius 3 is 2.36 bits per heavy atom. The number of fused-ring (bicyclic) bond motifs is 2. The van der Waals surface area contributed by atoms with Crippen LogP contribution in [-0.4, -0.2) is 54.3 Å². The lowest BCUT2D eigenvalue weighted by Gasteiger charge is -2.32. The van der Waals surface area contributed by atoms with Gasteiger partial charge in [0, 0.05) is 44.4 Å². The van der Waals surface area contributed by atoms with Gasteiger partial charge in [0.15, 0.2) is 5.78 Å². The fraction of sp³-hybridized carbons (Fsp3) is 0.483. The van der Waals surface area contributed by atoms with E-state index in [0.717, 1.165) is 48.1 Å². The van der Waals surface area contributed by atoms with Crippen molar-refractivity contribution in [3.05, 3.63) is 64.2 Å². The van der Waals surface area contributed by atoms with Crippen molar-refractivity contribution in [2.45, 2.75) is 66.5 Å². The van der Waals surface area contributed by atoms with Crippen LogP contribution in [0.4, 0.5) is 5.69 Å². The summed E-state index contributed by atoms with van der Waals surface area (Å²) in [5.41, 5.74) is 5.97. The molecule has 0 spiro atoms. The van der Waals surface area contributed by atoms with E-state index in [-0.39, 0.29) is 38.1 Å². The van der Waals surface area contributed by atoms with Crippen LogP contribution in [0, 0.1) is 6.92 Å². The number of hydrogen-bond acceptors (Lipinski definition) is 5. The fourth-order valence-electron chi connectivity index (χ4n) is 4.96. The second-order valence-corrected chi connectivity index (χ2v) is 9.64. The second kappa shape index (κ2) is 12.2. The number of unbranched alkanes of at least 4 members (excludes halogenated alkanes) is 2. The summed E-state index contributed by atoms with van der Waals surface area (Å²) in [6.07, 6.45) is 4.37. The van der Waals surface area contributed by atoms with Crippen LogP contribution in [0.25, 0.3) is 0 Å². The van der Waals surface area contributed by atoms with Crippen LogP contribution >= 0.6 is 0 Å². The highest BCUT2D eigenvalue weighted by atomic mass is 16.2. The van der Waals surface area contributed by atoms with Crippen molar-refractivity contribution in [1.29, 1.82) is 0 Å². The zero-order chi connectivity index (χ0) is 24.9. The third kappa shape index (κ3) is 6.13. The molecule has 0 fully saturated rings. The molecule has 7 heteroatoms. The van der Waals surface area contributed by atoms with Crippen LogP contribution in [0.1, 0.15) is 72.6 Å². The maximum Gasteiger partial charge on any atom is 0.256 e. The van der Waals surface area contributed by atoms with Gasteiger partial charge in [-0.3, -0.25) is 19.4 Å². The average molecular weight is 493 g/mol. The number of anilines is 1. The van der Waals surface area contributed by atoms with Crippen molar-refractivity contribution in [1.82, 2.24) is 15.3 Å². The minimum atomic E-state index is -0.114. The number of benzene rings is 2. The Balaban J connectivity index is 0.00000361. The van der Waals surface area contributed by atoms with E-state index in [1.165, 1.54) is 11.1 Å². The molecule has 1 aliphatic carbocycles. The molecule has 0 atom stereocenters. The largest absolute Gasteiger partial charge is 0.355 e. The monoisotopic (exact) mass is 492 g/mol. The summed E-state index contributed by atoms with van der Waals surface area (Å²) in [4.78, 5) is 40.4. The topological polar surface area (TPSA) is 73.0 Å². The summed E-state index contributed by atoms with van der Waals surface area (Å²) in [5.74, 6) is -0.0809. The van der Waals surface area contributed by atoms with Crippen molar-refractivity contribution in [2.75, 3.05) is 31.6 Å². The number of rotatable bonds is 10. The number of nitrogens with one attached hydrogen (secondary N) is 1. The first-order chi connectivity index (χ1) is 16.9. The predicted molar refractivity (Wildman–Crippen MR) is 144 cm³/mol. The van der Waals surface area contributed by atoms with Gasteiger partial charge in [-0.2, -0.15) is 0 Å². The van der Waals surface area contributed by atoms with E-state index in [4.69, 9.17) is 0 Å². The lowest BCUT2D eigenvalue weighted by Crippen LogP contribution is -2.48. The highest BCUT2D eigenvalue weighted by Gasteiger charge is 2.28. The van der Waals surface area contributed by atoms with Crippen molar-refractivity contribution < 1.29 is 14.4 Å². The molecular weight excluding hydrogens is 452 g/mol. The van der Waals surface area contributed by atoms with Gasteiger partial charge in [0.2, 0.25) is 5.91 Å². The number of hydrazine groups is 1. The summed E-state index contributed by atoms with van der Waals surface area (Å²) >= 11 is 0. The number of carbonyl (C=O) groups excluding carboxylic acids is 3. The van der Waals surface area contributed by atoms with Crippen molar-refractivity contribution in [3.63, 3.8) is 0 Å². The number of amides is 2. The highest BCUT2D eigenvalue weighted by Crippen LogP contribution is 2.31. The molecule has 2 amide bonds. The van der Waals surface area contributed by atoms with E-state index in [0.29, 0.717) is 26.1 Å². The molecule has 2 aromatic rings. The molecule has 0 aromatic heterocycles. The van der Waals surface area contributed by atoms with Crippen molar-refractivity contribution in [2.24, 2.45) is 0 Å². The molecule has 0 bridgehead atoms. The Labute approximate surface area is 215 Å². The van der Waals surface area contributed by atoms with Gasteiger partial charge in [0.25, 0.3) is 5.91 Å². The summed E-state index contributed by atoms with van der Waals surface area (Å²) in [6, 6.07) is 12.1. The Morgan fingerprint density at radius 2 is 1.69 bits per heavy atom. The Bertz CT molecular complexity index is 1090. The van der Waals surface area contributed by atoms with Gasteiger partial charge in [-0.15, -0.1) is 0 Å².